The SMILES string of the molecule is CCOC(=N)c1ccc(NCC(=O)N(C)c2ccc(C(=O)N(CCC(=O)O)c3ccccn3)cc2N)cc1. The van der Waals surface area contributed by atoms with Gasteiger partial charge in [-0.25, -0.2) is 4.98 Å². The van der Waals surface area contributed by atoms with Crippen LogP contribution in [0.15, 0.2) is 66.9 Å². The summed E-state index contributed by atoms with van der Waals surface area (Å²) >= 11 is 0. The number of nitrogens with one attached hydrogen (secondary N) is 2. The summed E-state index contributed by atoms with van der Waals surface area (Å²) in [4.78, 5) is 44.0. The summed E-state index contributed by atoms with van der Waals surface area (Å²) in [5, 5.41) is 20.0. The first-order chi connectivity index (χ1) is 18.2. The molecule has 0 saturated heterocycles. The number of carbonyl (C=O) groups is 3. The molecule has 0 aliphatic carbocycles. The zero-order valence-electron chi connectivity index (χ0n) is 21.2. The molecule has 0 spiro atoms. The Morgan fingerprint density at radius 3 is 2.39 bits per heavy atom. The Labute approximate surface area is 220 Å². The molecule has 2 aromatic carbocycles. The first-order valence-corrected chi connectivity index (χ1v) is 11.9. The number of carboxylic acid groups (broad SMARTS) is 1. The van der Waals surface area contributed by atoms with Gasteiger partial charge in [-0.15, -0.1) is 0 Å². The Hall–Kier alpha value is -4.93. The molecule has 3 rings (SSSR count). The molecular weight excluding hydrogens is 488 g/mol. The molecule has 1 aromatic heterocycles. The summed E-state index contributed by atoms with van der Waals surface area (Å²) in [6, 6.07) is 16.5. The zero-order valence-corrected chi connectivity index (χ0v) is 21.2. The number of aromatic nitrogens is 1. The molecule has 0 atom stereocenters. The molecule has 0 aliphatic rings. The summed E-state index contributed by atoms with van der Waals surface area (Å²) in [5.41, 5.74) is 8.41. The fourth-order valence-electron chi connectivity index (χ4n) is 3.59. The number of anilines is 4. The van der Waals surface area contributed by atoms with Crippen LogP contribution >= 0.6 is 0 Å². The van der Waals surface area contributed by atoms with E-state index in [1.165, 1.54) is 28.1 Å². The lowest BCUT2D eigenvalue weighted by atomic mass is 10.1. The maximum absolute atomic E-state index is 13.2. The molecule has 0 bridgehead atoms. The quantitative estimate of drug-likeness (QED) is 0.171. The lowest BCUT2D eigenvalue weighted by molar-refractivity contribution is -0.136. The second-order valence-corrected chi connectivity index (χ2v) is 8.21. The second-order valence-electron chi connectivity index (χ2n) is 8.21. The van der Waals surface area contributed by atoms with E-state index in [1.807, 2.05) is 6.92 Å². The fraction of sp³-hybridized carbons (Fsp3) is 0.222. The van der Waals surface area contributed by atoms with Crippen molar-refractivity contribution >= 4 is 46.6 Å². The van der Waals surface area contributed by atoms with E-state index in [0.29, 0.717) is 29.4 Å². The Bertz CT molecular complexity index is 1300. The number of nitrogens with zero attached hydrogens (tertiary/aromatic N) is 3. The molecule has 5 N–H and O–H groups in total. The molecule has 198 valence electrons. The van der Waals surface area contributed by atoms with E-state index < -0.39 is 11.9 Å². The minimum absolute atomic E-state index is 0.0124. The number of hydrogen-bond donors (Lipinski definition) is 4. The number of aliphatic carboxylic acids is 1. The van der Waals surface area contributed by atoms with Gasteiger partial charge in [-0.2, -0.15) is 0 Å². The van der Waals surface area contributed by atoms with E-state index in [1.54, 1.807) is 55.6 Å². The molecule has 0 saturated carbocycles. The van der Waals surface area contributed by atoms with Gasteiger partial charge in [0.15, 0.2) is 0 Å². The van der Waals surface area contributed by atoms with Gasteiger partial charge in [0, 0.05) is 36.6 Å². The molecule has 38 heavy (non-hydrogen) atoms. The van der Waals surface area contributed by atoms with Crippen molar-refractivity contribution in [2.75, 3.05) is 47.6 Å². The number of nitrogens with two attached hydrogens (primary N) is 1. The van der Waals surface area contributed by atoms with Crippen molar-refractivity contribution in [2.45, 2.75) is 13.3 Å². The highest BCUT2D eigenvalue weighted by atomic mass is 16.5. The normalized spacial score (nSPS) is 10.4. The van der Waals surface area contributed by atoms with Crippen LogP contribution < -0.4 is 20.9 Å². The van der Waals surface area contributed by atoms with Crippen LogP contribution in [0.4, 0.5) is 22.9 Å². The summed E-state index contributed by atoms with van der Waals surface area (Å²) in [6.45, 7) is 2.14. The molecule has 11 nitrogen and oxygen atoms in total. The van der Waals surface area contributed by atoms with E-state index in [0.717, 1.165) is 0 Å². The first-order valence-electron chi connectivity index (χ1n) is 11.9. The van der Waals surface area contributed by atoms with E-state index in [2.05, 4.69) is 10.3 Å². The molecule has 2 amide bonds. The van der Waals surface area contributed by atoms with Crippen molar-refractivity contribution in [2.24, 2.45) is 0 Å². The molecule has 3 aromatic rings. The zero-order chi connectivity index (χ0) is 27.7. The third-order valence-electron chi connectivity index (χ3n) is 5.61. The lowest BCUT2D eigenvalue weighted by Gasteiger charge is -2.23. The minimum atomic E-state index is -1.04. The van der Waals surface area contributed by atoms with E-state index in [-0.39, 0.29) is 42.6 Å². The van der Waals surface area contributed by atoms with Gasteiger partial charge in [0.2, 0.25) is 11.8 Å². The minimum Gasteiger partial charge on any atom is -0.481 e. The van der Waals surface area contributed by atoms with Gasteiger partial charge in [0.05, 0.1) is 30.9 Å². The molecular formula is C27H30N6O5. The highest BCUT2D eigenvalue weighted by Crippen LogP contribution is 2.25. The summed E-state index contributed by atoms with van der Waals surface area (Å²) in [5.74, 6) is -1.36. The lowest BCUT2D eigenvalue weighted by Crippen LogP contribution is -2.34. The summed E-state index contributed by atoms with van der Waals surface area (Å²) in [7, 11) is 1.58. The predicted molar refractivity (Wildman–Crippen MR) is 146 cm³/mol. The van der Waals surface area contributed by atoms with E-state index in [9.17, 15) is 14.4 Å². The van der Waals surface area contributed by atoms with E-state index >= 15 is 0 Å². The van der Waals surface area contributed by atoms with Gasteiger partial charge in [-0.3, -0.25) is 24.7 Å². The highest BCUT2D eigenvalue weighted by Gasteiger charge is 2.22. The van der Waals surface area contributed by atoms with Crippen molar-refractivity contribution in [1.82, 2.24) is 4.98 Å². The predicted octanol–water partition coefficient (Wildman–Crippen LogP) is 3.22. The average Bonchev–Trinajstić information content (AvgIpc) is 2.92. The number of likely N-dealkylation sites (N-methyl/N-ethyl adjacent to an activating group) is 1. The van der Waals surface area contributed by atoms with Gasteiger partial charge in [-0.05, 0) is 61.5 Å². The topological polar surface area (TPSA) is 162 Å². The number of benzene rings is 2. The fourth-order valence-corrected chi connectivity index (χ4v) is 3.59. The van der Waals surface area contributed by atoms with Crippen molar-refractivity contribution in [3.63, 3.8) is 0 Å². The molecule has 0 radical (unpaired) electrons. The monoisotopic (exact) mass is 518 g/mol. The van der Waals surface area contributed by atoms with Crippen LogP contribution in [0.3, 0.4) is 0 Å². The maximum Gasteiger partial charge on any atom is 0.305 e. The van der Waals surface area contributed by atoms with Crippen LogP contribution in [-0.2, 0) is 14.3 Å². The highest BCUT2D eigenvalue weighted by molar-refractivity contribution is 6.07. The number of amides is 2. The molecule has 0 unspecified atom stereocenters. The Morgan fingerprint density at radius 1 is 1.08 bits per heavy atom. The Kier molecular flexibility index (Phi) is 9.36. The van der Waals surface area contributed by atoms with Crippen molar-refractivity contribution in [1.29, 1.82) is 5.41 Å². The number of carbonyl (C=O) groups excluding carboxylic acids is 2. The van der Waals surface area contributed by atoms with Gasteiger partial charge >= 0.3 is 5.97 Å². The number of carboxylic acids is 1. The van der Waals surface area contributed by atoms with Gasteiger partial charge < -0.3 is 25.8 Å². The average molecular weight is 519 g/mol. The maximum atomic E-state index is 13.2. The largest absolute Gasteiger partial charge is 0.481 e. The number of nitrogen functional groups attached to an aromatic ring is 1. The molecule has 1 heterocycles. The van der Waals surface area contributed by atoms with Crippen LogP contribution in [0.2, 0.25) is 0 Å². The second kappa shape index (κ2) is 12.9. The van der Waals surface area contributed by atoms with Crippen LogP contribution in [0.25, 0.3) is 0 Å². The van der Waals surface area contributed by atoms with Crippen LogP contribution in [-0.4, -0.2) is 60.5 Å². The summed E-state index contributed by atoms with van der Waals surface area (Å²) in [6.07, 6.45) is 1.26. The van der Waals surface area contributed by atoms with Gasteiger partial charge in [0.1, 0.15) is 5.82 Å². The van der Waals surface area contributed by atoms with Crippen molar-refractivity contribution in [3.8, 4) is 0 Å². The van der Waals surface area contributed by atoms with Crippen LogP contribution in [0, 0.1) is 5.41 Å². The molecule has 11 heteroatoms. The Morgan fingerprint density at radius 2 is 1.79 bits per heavy atom. The van der Waals surface area contributed by atoms with Crippen LogP contribution in [0.1, 0.15) is 29.3 Å². The molecule has 0 fully saturated rings. The number of ether oxygens (including phenoxy) is 1. The third-order valence-corrected chi connectivity index (χ3v) is 5.61. The molecule has 0 aliphatic heterocycles. The van der Waals surface area contributed by atoms with Gasteiger partial charge in [-0.1, -0.05) is 6.07 Å². The smallest absolute Gasteiger partial charge is 0.305 e. The van der Waals surface area contributed by atoms with Crippen molar-refractivity contribution < 1.29 is 24.2 Å². The summed E-state index contributed by atoms with van der Waals surface area (Å²) < 4.78 is 5.18. The number of hydrogen-bond acceptors (Lipinski definition) is 8. The van der Waals surface area contributed by atoms with Gasteiger partial charge in [0.25, 0.3) is 5.91 Å². The number of pyridine rings is 1. The van der Waals surface area contributed by atoms with Crippen LogP contribution in [0.5, 0.6) is 0 Å². The third kappa shape index (κ3) is 7.06. The van der Waals surface area contributed by atoms with E-state index in [4.69, 9.17) is 21.0 Å². The first kappa shape index (κ1) is 27.7. The standard InChI is InChI=1S/C27H30N6O5/c1-3-38-26(29)18-7-10-20(11-8-18)31-17-24(34)32(2)22-12-9-19(16-21(22)28)27(37)33(15-13-25(35)36)23-6-4-5-14-30-23/h4-12,14,16,29,31H,3,13,15,17,28H2,1-2H3,(H,35,36). The van der Waals surface area contributed by atoms with Crippen molar-refractivity contribution in [3.05, 3.63) is 78.0 Å². The number of rotatable bonds is 11. The Balaban J connectivity index is 1.68.